The first-order valence-electron chi connectivity index (χ1n) is 9.76. The number of benzene rings is 1. The molecule has 2 heterocycles. The average Bonchev–Trinajstić information content (AvgIpc) is 3.26. The van der Waals surface area contributed by atoms with Gasteiger partial charge in [0.25, 0.3) is 17.7 Å². The molecule has 0 radical (unpaired) electrons. The van der Waals surface area contributed by atoms with Gasteiger partial charge in [0.05, 0.1) is 12.8 Å². The quantitative estimate of drug-likeness (QED) is 0.646. The zero-order valence-electron chi connectivity index (χ0n) is 16.5. The molecule has 1 fully saturated rings. The number of ether oxygens (including phenoxy) is 2. The van der Waals surface area contributed by atoms with E-state index in [1.165, 1.54) is 19.2 Å². The van der Waals surface area contributed by atoms with Crippen LogP contribution in [0.5, 0.6) is 11.8 Å². The van der Waals surface area contributed by atoms with Crippen LogP contribution in [0.3, 0.4) is 0 Å². The highest BCUT2D eigenvalue weighted by molar-refractivity contribution is 5.93. The summed E-state index contributed by atoms with van der Waals surface area (Å²) < 4.78 is 24.2. The fourth-order valence-electron chi connectivity index (χ4n) is 3.49. The van der Waals surface area contributed by atoms with Gasteiger partial charge in [-0.05, 0) is 56.0 Å². The van der Waals surface area contributed by atoms with Crippen LogP contribution in [0.2, 0.25) is 0 Å². The monoisotopic (exact) mass is 411 g/mol. The number of nitrogens with zero attached hydrogens (tertiary/aromatic N) is 3. The summed E-state index contributed by atoms with van der Waals surface area (Å²) in [6.45, 7) is 0. The first-order valence-corrected chi connectivity index (χ1v) is 9.76. The Balaban J connectivity index is 1.30. The lowest BCUT2D eigenvalue weighted by Gasteiger charge is -2.29. The second-order valence-electron chi connectivity index (χ2n) is 7.11. The van der Waals surface area contributed by atoms with Crippen molar-refractivity contribution in [3.63, 3.8) is 0 Å². The van der Waals surface area contributed by atoms with Crippen LogP contribution < -0.4 is 14.8 Å². The van der Waals surface area contributed by atoms with E-state index in [0.717, 1.165) is 31.2 Å². The zero-order chi connectivity index (χ0) is 20.9. The van der Waals surface area contributed by atoms with E-state index in [1.807, 2.05) is 0 Å². The molecule has 3 aromatic rings. The van der Waals surface area contributed by atoms with Crippen LogP contribution in [0.1, 0.15) is 36.2 Å². The number of carbonyl (C=O) groups is 1. The van der Waals surface area contributed by atoms with Crippen LogP contribution in [-0.2, 0) is 0 Å². The molecule has 2 aromatic heterocycles. The van der Waals surface area contributed by atoms with E-state index >= 15 is 0 Å². The van der Waals surface area contributed by atoms with Gasteiger partial charge in [0.1, 0.15) is 17.6 Å². The van der Waals surface area contributed by atoms with Crippen molar-refractivity contribution in [2.75, 3.05) is 7.11 Å². The third-order valence-electron chi connectivity index (χ3n) is 5.08. The summed E-state index contributed by atoms with van der Waals surface area (Å²) in [5.41, 5.74) is 1.70. The van der Waals surface area contributed by atoms with Crippen molar-refractivity contribution >= 4 is 5.91 Å². The highest BCUT2D eigenvalue weighted by Crippen LogP contribution is 2.27. The van der Waals surface area contributed by atoms with Crippen LogP contribution in [0.4, 0.5) is 4.39 Å². The normalized spacial score (nSPS) is 18.6. The number of aromatic amines is 1. The van der Waals surface area contributed by atoms with Gasteiger partial charge >= 0.3 is 0 Å². The van der Waals surface area contributed by atoms with Crippen molar-refractivity contribution in [3.05, 3.63) is 54.2 Å². The van der Waals surface area contributed by atoms with Crippen LogP contribution in [0.25, 0.3) is 11.3 Å². The maximum atomic E-state index is 13.1. The molecule has 0 spiro atoms. The van der Waals surface area contributed by atoms with Gasteiger partial charge in [0.2, 0.25) is 0 Å². The van der Waals surface area contributed by atoms with Crippen molar-refractivity contribution < 1.29 is 18.7 Å². The Morgan fingerprint density at radius 1 is 1.10 bits per heavy atom. The molecule has 0 atom stereocenters. The molecular formula is C21H22FN5O3. The maximum absolute atomic E-state index is 13.1. The van der Waals surface area contributed by atoms with E-state index in [1.54, 1.807) is 30.6 Å². The summed E-state index contributed by atoms with van der Waals surface area (Å²) in [6, 6.07) is 7.69. The summed E-state index contributed by atoms with van der Waals surface area (Å²) in [5.74, 6) is 0.225. The highest BCUT2D eigenvalue weighted by Gasteiger charge is 2.26. The molecule has 4 rings (SSSR count). The van der Waals surface area contributed by atoms with Crippen LogP contribution in [0.15, 0.2) is 42.7 Å². The number of halogens is 1. The summed E-state index contributed by atoms with van der Waals surface area (Å²) in [4.78, 5) is 20.8. The summed E-state index contributed by atoms with van der Waals surface area (Å²) in [6.07, 6.45) is 6.27. The molecule has 8 nitrogen and oxygen atoms in total. The van der Waals surface area contributed by atoms with E-state index < -0.39 is 0 Å². The Bertz CT molecular complexity index is 1000. The summed E-state index contributed by atoms with van der Waals surface area (Å²) in [7, 11) is 1.53. The second kappa shape index (κ2) is 8.89. The van der Waals surface area contributed by atoms with E-state index in [2.05, 4.69) is 25.5 Å². The molecule has 1 aromatic carbocycles. The molecule has 0 aliphatic heterocycles. The third-order valence-corrected chi connectivity index (χ3v) is 5.08. The highest BCUT2D eigenvalue weighted by atomic mass is 19.1. The van der Waals surface area contributed by atoms with Gasteiger partial charge in [0.15, 0.2) is 0 Å². The van der Waals surface area contributed by atoms with Crippen molar-refractivity contribution in [3.8, 4) is 23.0 Å². The van der Waals surface area contributed by atoms with Gasteiger partial charge in [0, 0.05) is 24.0 Å². The van der Waals surface area contributed by atoms with Gasteiger partial charge in [-0.3, -0.25) is 9.89 Å². The number of rotatable bonds is 6. The first-order chi connectivity index (χ1) is 14.6. The molecule has 0 unspecified atom stereocenters. The Labute approximate surface area is 172 Å². The molecule has 1 aliphatic carbocycles. The van der Waals surface area contributed by atoms with Crippen LogP contribution in [-0.4, -0.2) is 45.3 Å². The van der Waals surface area contributed by atoms with E-state index in [4.69, 9.17) is 9.47 Å². The minimum absolute atomic E-state index is 0.000912. The molecule has 30 heavy (non-hydrogen) atoms. The topological polar surface area (TPSA) is 102 Å². The molecule has 0 saturated heterocycles. The third kappa shape index (κ3) is 4.56. The fraction of sp³-hybridized carbons (Fsp3) is 0.333. The van der Waals surface area contributed by atoms with Crippen LogP contribution >= 0.6 is 0 Å². The molecule has 1 saturated carbocycles. The SMILES string of the molecule is COc1nccnc1OC1CCC(NC(=O)c2cc(-c3ccc(F)cc3)n[nH]2)CC1. The minimum atomic E-state index is -0.315. The average molecular weight is 411 g/mol. The van der Waals surface area contributed by atoms with E-state index in [0.29, 0.717) is 23.1 Å². The van der Waals surface area contributed by atoms with Gasteiger partial charge in [-0.1, -0.05) is 0 Å². The molecule has 2 N–H and O–H groups in total. The number of carbonyl (C=O) groups excluding carboxylic acids is 1. The molecule has 156 valence electrons. The van der Waals surface area contributed by atoms with Crippen molar-refractivity contribution in [2.24, 2.45) is 0 Å². The molecule has 1 amide bonds. The number of hydrogen-bond donors (Lipinski definition) is 2. The lowest BCUT2D eigenvalue weighted by atomic mass is 9.93. The maximum Gasteiger partial charge on any atom is 0.278 e. The minimum Gasteiger partial charge on any atom is -0.477 e. The van der Waals surface area contributed by atoms with E-state index in [9.17, 15) is 9.18 Å². The van der Waals surface area contributed by atoms with Crippen molar-refractivity contribution in [1.82, 2.24) is 25.5 Å². The largest absolute Gasteiger partial charge is 0.477 e. The Hall–Kier alpha value is -3.49. The van der Waals surface area contributed by atoms with Gasteiger partial charge in [-0.15, -0.1) is 0 Å². The second-order valence-corrected chi connectivity index (χ2v) is 7.11. The lowest BCUT2D eigenvalue weighted by Crippen LogP contribution is -2.39. The van der Waals surface area contributed by atoms with Crippen molar-refractivity contribution in [1.29, 1.82) is 0 Å². The number of hydrogen-bond acceptors (Lipinski definition) is 6. The first kappa shape index (κ1) is 19.8. The van der Waals surface area contributed by atoms with Crippen LogP contribution in [0, 0.1) is 5.82 Å². The Morgan fingerprint density at radius 2 is 1.80 bits per heavy atom. The van der Waals surface area contributed by atoms with Gasteiger partial charge in [-0.2, -0.15) is 5.10 Å². The van der Waals surface area contributed by atoms with Crippen molar-refractivity contribution in [2.45, 2.75) is 37.8 Å². The summed E-state index contributed by atoms with van der Waals surface area (Å²) in [5, 5.41) is 9.94. The predicted octanol–water partition coefficient (Wildman–Crippen LogP) is 3.13. The smallest absolute Gasteiger partial charge is 0.278 e. The Kier molecular flexibility index (Phi) is 5.87. The molecule has 9 heteroatoms. The summed E-state index contributed by atoms with van der Waals surface area (Å²) >= 11 is 0. The molecular weight excluding hydrogens is 389 g/mol. The van der Waals surface area contributed by atoms with Gasteiger partial charge < -0.3 is 14.8 Å². The number of nitrogens with one attached hydrogen (secondary N) is 2. The molecule has 0 bridgehead atoms. The Morgan fingerprint density at radius 3 is 2.50 bits per heavy atom. The van der Waals surface area contributed by atoms with E-state index in [-0.39, 0.29) is 23.9 Å². The molecule has 1 aliphatic rings. The number of methoxy groups -OCH3 is 1. The number of H-pyrrole nitrogens is 1. The zero-order valence-corrected chi connectivity index (χ0v) is 16.5. The standard InChI is InChI=1S/C21H22FN5O3/c1-29-20-21(24-11-10-23-20)30-16-8-6-15(7-9-16)25-19(28)18-12-17(26-27-18)13-2-4-14(22)5-3-13/h2-5,10-12,15-16H,6-9H2,1H3,(H,25,28)(H,26,27). The predicted molar refractivity (Wildman–Crippen MR) is 107 cm³/mol. The number of amides is 1. The van der Waals surface area contributed by atoms with Gasteiger partial charge in [-0.25, -0.2) is 14.4 Å². The lowest BCUT2D eigenvalue weighted by molar-refractivity contribution is 0.0881. The number of aromatic nitrogens is 4. The fourth-order valence-corrected chi connectivity index (χ4v) is 3.49.